The van der Waals surface area contributed by atoms with Gasteiger partial charge in [-0.1, -0.05) is 70.2 Å². The summed E-state index contributed by atoms with van der Waals surface area (Å²) in [5.74, 6) is 0. The van der Waals surface area contributed by atoms with Gasteiger partial charge in [-0.2, -0.15) is 0 Å². The summed E-state index contributed by atoms with van der Waals surface area (Å²) in [5.41, 5.74) is 1.10. The van der Waals surface area contributed by atoms with Crippen LogP contribution in [0.15, 0.2) is 42.5 Å². The Labute approximate surface area is 104 Å². The Bertz CT molecular complexity index is 427. The summed E-state index contributed by atoms with van der Waals surface area (Å²) in [5, 5.41) is 2.37. The summed E-state index contributed by atoms with van der Waals surface area (Å²) in [4.78, 5) is 10.4. The van der Waals surface area contributed by atoms with Gasteiger partial charge in [-0.3, -0.25) is 0 Å². The van der Waals surface area contributed by atoms with E-state index in [1.165, 1.54) is 10.8 Å². The van der Waals surface area contributed by atoms with Gasteiger partial charge in [0.2, 0.25) is 0 Å². The van der Waals surface area contributed by atoms with E-state index in [1.807, 2.05) is 58.0 Å². The lowest BCUT2D eigenvalue weighted by molar-refractivity contribution is -0.107. The zero-order valence-corrected chi connectivity index (χ0v) is 11.2. The first-order valence-electron chi connectivity index (χ1n) is 6.32. The standard InChI is InChI=1S/C12H10O.2C2H6/c13-9-8-11-6-3-5-10-4-1-2-7-12(10)11;2*1-2/h1-7,9H,8H2;2*1-2H3. The topological polar surface area (TPSA) is 17.1 Å². The number of benzene rings is 2. The fourth-order valence-electron chi connectivity index (χ4n) is 1.56. The Hall–Kier alpha value is -1.63. The quantitative estimate of drug-likeness (QED) is 0.687. The average Bonchev–Trinajstić information content (AvgIpc) is 2.44. The first-order valence-corrected chi connectivity index (χ1v) is 6.32. The van der Waals surface area contributed by atoms with Gasteiger partial charge in [0.25, 0.3) is 0 Å². The minimum absolute atomic E-state index is 0.501. The smallest absolute Gasteiger partial charge is 0.124 e. The Balaban J connectivity index is 0.000000581. The van der Waals surface area contributed by atoms with Crippen LogP contribution >= 0.6 is 0 Å². The number of rotatable bonds is 2. The maximum Gasteiger partial charge on any atom is 0.124 e. The van der Waals surface area contributed by atoms with Crippen LogP contribution in [0.2, 0.25) is 0 Å². The molecule has 0 amide bonds. The molecule has 0 N–H and O–H groups in total. The van der Waals surface area contributed by atoms with Crippen LogP contribution < -0.4 is 0 Å². The lowest BCUT2D eigenvalue weighted by atomic mass is 10.0. The summed E-state index contributed by atoms with van der Waals surface area (Å²) >= 11 is 0. The molecular formula is C16H22O. The monoisotopic (exact) mass is 230 g/mol. The number of carbonyl (C=O) groups excluding carboxylic acids is 1. The lowest BCUT2D eigenvalue weighted by Gasteiger charge is -2.01. The third-order valence-electron chi connectivity index (χ3n) is 2.18. The Kier molecular flexibility index (Phi) is 8.67. The van der Waals surface area contributed by atoms with Gasteiger partial charge in [0.1, 0.15) is 6.29 Å². The van der Waals surface area contributed by atoms with Gasteiger partial charge < -0.3 is 4.79 Å². The molecule has 0 aliphatic carbocycles. The molecule has 0 radical (unpaired) electrons. The normalized spacial score (nSPS) is 8.47. The van der Waals surface area contributed by atoms with Crippen molar-refractivity contribution >= 4 is 17.1 Å². The highest BCUT2D eigenvalue weighted by Gasteiger charge is 1.97. The highest BCUT2D eigenvalue weighted by atomic mass is 16.1. The van der Waals surface area contributed by atoms with E-state index in [0.29, 0.717) is 6.42 Å². The van der Waals surface area contributed by atoms with Crippen molar-refractivity contribution in [1.29, 1.82) is 0 Å². The second-order valence-corrected chi connectivity index (χ2v) is 3.01. The van der Waals surface area contributed by atoms with Crippen molar-refractivity contribution in [3.8, 4) is 0 Å². The largest absolute Gasteiger partial charge is 0.303 e. The van der Waals surface area contributed by atoms with E-state index in [1.54, 1.807) is 0 Å². The highest BCUT2D eigenvalue weighted by Crippen LogP contribution is 2.17. The second-order valence-electron chi connectivity index (χ2n) is 3.01. The lowest BCUT2D eigenvalue weighted by Crippen LogP contribution is -1.86. The fourth-order valence-corrected chi connectivity index (χ4v) is 1.56. The molecule has 2 aromatic rings. The molecule has 0 fully saturated rings. The maximum absolute atomic E-state index is 10.4. The summed E-state index contributed by atoms with van der Waals surface area (Å²) in [6.45, 7) is 8.00. The van der Waals surface area contributed by atoms with Crippen LogP contribution in [0.25, 0.3) is 10.8 Å². The minimum atomic E-state index is 0.501. The molecule has 0 heterocycles. The molecule has 1 heteroatoms. The van der Waals surface area contributed by atoms with Crippen molar-refractivity contribution in [2.45, 2.75) is 34.1 Å². The van der Waals surface area contributed by atoms with Gasteiger partial charge in [0, 0.05) is 6.42 Å². The fraction of sp³-hybridized carbons (Fsp3) is 0.312. The first kappa shape index (κ1) is 15.4. The summed E-state index contributed by atoms with van der Waals surface area (Å²) in [6.07, 6.45) is 1.45. The molecule has 1 nitrogen and oxygen atoms in total. The van der Waals surface area contributed by atoms with Crippen molar-refractivity contribution in [2.75, 3.05) is 0 Å². The number of hydrogen-bond acceptors (Lipinski definition) is 1. The van der Waals surface area contributed by atoms with E-state index >= 15 is 0 Å². The molecule has 0 aromatic heterocycles. The molecule has 0 atom stereocenters. The van der Waals surface area contributed by atoms with Crippen molar-refractivity contribution in [1.82, 2.24) is 0 Å². The van der Waals surface area contributed by atoms with Gasteiger partial charge >= 0.3 is 0 Å². The van der Waals surface area contributed by atoms with Crippen LogP contribution in [0.5, 0.6) is 0 Å². The molecule has 0 saturated carbocycles. The molecule has 0 saturated heterocycles. The van der Waals surface area contributed by atoms with E-state index < -0.39 is 0 Å². The predicted octanol–water partition coefficient (Wildman–Crippen LogP) is 4.63. The third kappa shape index (κ3) is 4.39. The Morgan fingerprint density at radius 3 is 2.12 bits per heavy atom. The van der Waals surface area contributed by atoms with Crippen LogP contribution in [0, 0.1) is 0 Å². The van der Waals surface area contributed by atoms with Gasteiger partial charge in [-0.25, -0.2) is 0 Å². The van der Waals surface area contributed by atoms with Crippen LogP contribution in [0.3, 0.4) is 0 Å². The van der Waals surface area contributed by atoms with E-state index in [0.717, 1.165) is 11.8 Å². The van der Waals surface area contributed by atoms with Gasteiger partial charge in [0.15, 0.2) is 0 Å². The molecule has 0 spiro atoms. The highest BCUT2D eigenvalue weighted by molar-refractivity contribution is 5.87. The van der Waals surface area contributed by atoms with Crippen LogP contribution in [0.1, 0.15) is 33.3 Å². The molecule has 0 bridgehead atoms. The number of aldehydes is 1. The van der Waals surface area contributed by atoms with Crippen molar-refractivity contribution in [2.24, 2.45) is 0 Å². The van der Waals surface area contributed by atoms with Crippen LogP contribution in [-0.2, 0) is 11.2 Å². The summed E-state index contributed by atoms with van der Waals surface area (Å²) in [6, 6.07) is 14.2. The third-order valence-corrected chi connectivity index (χ3v) is 2.18. The number of hydrogen-bond donors (Lipinski definition) is 0. The van der Waals surface area contributed by atoms with Crippen molar-refractivity contribution in [3.63, 3.8) is 0 Å². The van der Waals surface area contributed by atoms with Gasteiger partial charge in [0.05, 0.1) is 0 Å². The molecule has 0 unspecified atom stereocenters. The molecule has 2 rings (SSSR count). The molecule has 92 valence electrons. The zero-order valence-electron chi connectivity index (χ0n) is 11.2. The van der Waals surface area contributed by atoms with E-state index in [4.69, 9.17) is 0 Å². The van der Waals surface area contributed by atoms with Crippen molar-refractivity contribution in [3.05, 3.63) is 48.0 Å². The molecular weight excluding hydrogens is 208 g/mol. The van der Waals surface area contributed by atoms with Crippen LogP contribution in [-0.4, -0.2) is 6.29 Å². The van der Waals surface area contributed by atoms with Gasteiger partial charge in [-0.05, 0) is 16.3 Å². The number of fused-ring (bicyclic) bond motifs is 1. The molecule has 17 heavy (non-hydrogen) atoms. The first-order chi connectivity index (χ1) is 8.42. The SMILES string of the molecule is CC.CC.O=CCc1cccc2ccccc12. The molecule has 0 aliphatic heterocycles. The van der Waals surface area contributed by atoms with E-state index in [2.05, 4.69) is 12.1 Å². The van der Waals surface area contributed by atoms with Crippen LogP contribution in [0.4, 0.5) is 0 Å². The number of carbonyl (C=O) groups is 1. The van der Waals surface area contributed by atoms with E-state index in [-0.39, 0.29) is 0 Å². The minimum Gasteiger partial charge on any atom is -0.303 e. The second kappa shape index (κ2) is 9.59. The maximum atomic E-state index is 10.4. The van der Waals surface area contributed by atoms with E-state index in [9.17, 15) is 4.79 Å². The molecule has 0 aliphatic rings. The summed E-state index contributed by atoms with van der Waals surface area (Å²) < 4.78 is 0. The summed E-state index contributed by atoms with van der Waals surface area (Å²) in [7, 11) is 0. The zero-order chi connectivity index (χ0) is 13.1. The Morgan fingerprint density at radius 2 is 1.47 bits per heavy atom. The van der Waals surface area contributed by atoms with Gasteiger partial charge in [-0.15, -0.1) is 0 Å². The molecule has 2 aromatic carbocycles. The predicted molar refractivity (Wildman–Crippen MR) is 76.4 cm³/mol. The Morgan fingerprint density at radius 1 is 0.882 bits per heavy atom. The van der Waals surface area contributed by atoms with Crippen molar-refractivity contribution < 1.29 is 4.79 Å². The average molecular weight is 230 g/mol.